The normalized spacial score (nSPS) is 23.1. The van der Waals surface area contributed by atoms with Gasteiger partial charge in [-0.2, -0.15) is 0 Å². The fourth-order valence-corrected chi connectivity index (χ4v) is 4.02. The zero-order chi connectivity index (χ0) is 19.8. The minimum atomic E-state index is 0.408. The molecular formula is C22H31N5O. The van der Waals surface area contributed by atoms with Gasteiger partial charge in [-0.05, 0) is 62.4 Å². The van der Waals surface area contributed by atoms with Gasteiger partial charge >= 0.3 is 0 Å². The monoisotopic (exact) mass is 381 g/mol. The lowest BCUT2D eigenvalue weighted by molar-refractivity contribution is 0.254. The van der Waals surface area contributed by atoms with Crippen molar-refractivity contribution in [2.24, 2.45) is 4.99 Å². The minimum absolute atomic E-state index is 0.408. The van der Waals surface area contributed by atoms with Crippen LogP contribution in [0.4, 0.5) is 5.69 Å². The van der Waals surface area contributed by atoms with Gasteiger partial charge in [-0.1, -0.05) is 0 Å². The predicted molar refractivity (Wildman–Crippen MR) is 117 cm³/mol. The van der Waals surface area contributed by atoms with E-state index in [4.69, 9.17) is 10.1 Å². The van der Waals surface area contributed by atoms with Gasteiger partial charge in [0.1, 0.15) is 11.6 Å². The van der Waals surface area contributed by atoms with Crippen molar-refractivity contribution >= 4 is 17.6 Å². The molecule has 6 nitrogen and oxygen atoms in total. The SMILES string of the molecule is CN/C(=C1/CCC/C1=N/C=C\C=N)N1CCCC(Nc2ccc(OC)cc2)C1. The molecule has 2 fully saturated rings. The lowest BCUT2D eigenvalue weighted by Crippen LogP contribution is -2.44. The summed E-state index contributed by atoms with van der Waals surface area (Å²) >= 11 is 0. The second kappa shape index (κ2) is 9.97. The van der Waals surface area contributed by atoms with E-state index in [0.717, 1.165) is 62.3 Å². The second-order valence-electron chi connectivity index (χ2n) is 7.17. The highest BCUT2D eigenvalue weighted by Gasteiger charge is 2.26. The highest BCUT2D eigenvalue weighted by atomic mass is 16.5. The molecule has 3 rings (SSSR count). The first kappa shape index (κ1) is 20.0. The molecule has 6 heteroatoms. The van der Waals surface area contributed by atoms with Crippen LogP contribution in [0, 0.1) is 5.41 Å². The van der Waals surface area contributed by atoms with E-state index in [-0.39, 0.29) is 0 Å². The van der Waals surface area contributed by atoms with E-state index in [9.17, 15) is 0 Å². The van der Waals surface area contributed by atoms with Crippen molar-refractivity contribution in [2.75, 3.05) is 32.6 Å². The summed E-state index contributed by atoms with van der Waals surface area (Å²) in [7, 11) is 3.70. The van der Waals surface area contributed by atoms with Crippen molar-refractivity contribution in [3.05, 3.63) is 47.9 Å². The molecule has 0 radical (unpaired) electrons. The molecule has 3 N–H and O–H groups in total. The van der Waals surface area contributed by atoms with Crippen molar-refractivity contribution in [3.8, 4) is 5.75 Å². The summed E-state index contributed by atoms with van der Waals surface area (Å²) in [5, 5.41) is 14.2. The molecule has 1 unspecified atom stereocenters. The van der Waals surface area contributed by atoms with E-state index in [0.29, 0.717) is 6.04 Å². The van der Waals surface area contributed by atoms with Crippen LogP contribution in [0.25, 0.3) is 0 Å². The van der Waals surface area contributed by atoms with Crippen molar-refractivity contribution in [3.63, 3.8) is 0 Å². The highest BCUT2D eigenvalue weighted by molar-refractivity contribution is 6.03. The Balaban J connectivity index is 1.72. The third kappa shape index (κ3) is 4.94. The van der Waals surface area contributed by atoms with E-state index in [1.165, 1.54) is 17.6 Å². The average molecular weight is 382 g/mol. The third-order valence-corrected chi connectivity index (χ3v) is 5.32. The molecule has 150 valence electrons. The topological polar surface area (TPSA) is 72.7 Å². The van der Waals surface area contributed by atoms with Crippen LogP contribution in [0.1, 0.15) is 32.1 Å². The summed E-state index contributed by atoms with van der Waals surface area (Å²) in [5.74, 6) is 2.09. The van der Waals surface area contributed by atoms with Gasteiger partial charge in [0, 0.05) is 55.6 Å². The van der Waals surface area contributed by atoms with Gasteiger partial charge < -0.3 is 25.7 Å². The molecule has 0 amide bonds. The zero-order valence-corrected chi connectivity index (χ0v) is 16.9. The molecule has 1 heterocycles. The maximum atomic E-state index is 7.12. The van der Waals surface area contributed by atoms with E-state index >= 15 is 0 Å². The summed E-state index contributed by atoms with van der Waals surface area (Å²) in [5.41, 5.74) is 3.60. The number of piperidine rings is 1. The first-order valence-corrected chi connectivity index (χ1v) is 10.0. The standard InChI is InChI=1S/C22H31N5O/c1-24-22(20-7-3-8-21(20)25-14-5-13-23)27-15-4-6-18(16-27)26-17-9-11-19(28-2)12-10-17/h5,9-14,18,23-24,26H,3-4,6-8,15-16H2,1-2H3/b14-5-,22-20+,23-13?,25-21-. The molecule has 1 aromatic carbocycles. The van der Waals surface area contributed by atoms with Crippen molar-refractivity contribution in [2.45, 2.75) is 38.1 Å². The molecule has 1 aliphatic carbocycles. The Labute approximate surface area is 167 Å². The van der Waals surface area contributed by atoms with Crippen molar-refractivity contribution < 1.29 is 4.74 Å². The van der Waals surface area contributed by atoms with Crippen LogP contribution in [0.5, 0.6) is 5.75 Å². The molecule has 0 bridgehead atoms. The van der Waals surface area contributed by atoms with E-state index in [2.05, 4.69) is 32.7 Å². The summed E-state index contributed by atoms with van der Waals surface area (Å²) < 4.78 is 5.25. The van der Waals surface area contributed by atoms with Gasteiger partial charge in [-0.15, -0.1) is 0 Å². The molecule has 28 heavy (non-hydrogen) atoms. The first-order valence-electron chi connectivity index (χ1n) is 10.0. The van der Waals surface area contributed by atoms with Gasteiger partial charge in [0.2, 0.25) is 0 Å². The number of anilines is 1. The lowest BCUT2D eigenvalue weighted by atomic mass is 10.0. The minimum Gasteiger partial charge on any atom is -0.497 e. The molecule has 0 aromatic heterocycles. The van der Waals surface area contributed by atoms with Gasteiger partial charge in [0.25, 0.3) is 0 Å². The smallest absolute Gasteiger partial charge is 0.119 e. The Hall–Kier alpha value is -2.76. The number of aliphatic imine (C=N–C) groups is 1. The number of ether oxygens (including phenoxy) is 1. The number of hydrogen-bond acceptors (Lipinski definition) is 6. The molecule has 0 spiro atoms. The van der Waals surface area contributed by atoms with E-state index < -0.39 is 0 Å². The second-order valence-corrected chi connectivity index (χ2v) is 7.17. The third-order valence-electron chi connectivity index (χ3n) is 5.32. The molecule has 1 saturated heterocycles. The van der Waals surface area contributed by atoms with Gasteiger partial charge in [-0.3, -0.25) is 4.99 Å². The van der Waals surface area contributed by atoms with Crippen molar-refractivity contribution in [1.82, 2.24) is 10.2 Å². The zero-order valence-electron chi connectivity index (χ0n) is 16.9. The predicted octanol–water partition coefficient (Wildman–Crippen LogP) is 3.79. The number of nitrogens with one attached hydrogen (secondary N) is 3. The highest BCUT2D eigenvalue weighted by Crippen LogP contribution is 2.28. The molecular weight excluding hydrogens is 350 g/mol. The van der Waals surface area contributed by atoms with Crippen LogP contribution in [0.3, 0.4) is 0 Å². The average Bonchev–Trinajstić information content (AvgIpc) is 3.18. The fraction of sp³-hybridized carbons (Fsp3) is 0.455. The Bertz CT molecular complexity index is 751. The number of benzene rings is 1. The van der Waals surface area contributed by atoms with Crippen molar-refractivity contribution in [1.29, 1.82) is 5.41 Å². The van der Waals surface area contributed by atoms with E-state index in [1.807, 2.05) is 19.2 Å². The summed E-state index contributed by atoms with van der Waals surface area (Å²) in [6.45, 7) is 2.03. The van der Waals surface area contributed by atoms with Gasteiger partial charge in [0.05, 0.1) is 7.11 Å². The summed E-state index contributed by atoms with van der Waals surface area (Å²) in [6.07, 6.45) is 10.2. The van der Waals surface area contributed by atoms with E-state index in [1.54, 1.807) is 19.4 Å². The quantitative estimate of drug-likeness (QED) is 0.628. The lowest BCUT2D eigenvalue weighted by Gasteiger charge is -2.37. The van der Waals surface area contributed by atoms with Crippen LogP contribution in [0.15, 0.2) is 52.9 Å². The Morgan fingerprint density at radius 3 is 2.79 bits per heavy atom. The molecule has 1 aromatic rings. The number of methoxy groups -OCH3 is 1. The number of likely N-dealkylation sites (tertiary alicyclic amines) is 1. The number of allylic oxidation sites excluding steroid dienone is 2. The van der Waals surface area contributed by atoms with Crippen LogP contribution >= 0.6 is 0 Å². The molecule has 1 saturated carbocycles. The number of nitrogens with zero attached hydrogens (tertiary/aromatic N) is 2. The Kier molecular flexibility index (Phi) is 7.12. The first-order chi connectivity index (χ1) is 13.7. The Morgan fingerprint density at radius 1 is 1.25 bits per heavy atom. The van der Waals surface area contributed by atoms with Crippen LogP contribution < -0.4 is 15.4 Å². The number of hydrogen-bond donors (Lipinski definition) is 3. The molecule has 2 aliphatic rings. The number of rotatable bonds is 7. The van der Waals surface area contributed by atoms with Gasteiger partial charge in [0.15, 0.2) is 0 Å². The van der Waals surface area contributed by atoms with Gasteiger partial charge in [-0.25, -0.2) is 0 Å². The fourth-order valence-electron chi connectivity index (χ4n) is 4.02. The van der Waals surface area contributed by atoms with Crippen LogP contribution in [-0.4, -0.2) is 50.1 Å². The molecule has 1 atom stereocenters. The Morgan fingerprint density at radius 2 is 2.07 bits per heavy atom. The maximum Gasteiger partial charge on any atom is 0.119 e. The van der Waals surface area contributed by atoms with Crippen LogP contribution in [-0.2, 0) is 0 Å². The van der Waals surface area contributed by atoms with Crippen LogP contribution in [0.2, 0.25) is 0 Å². The maximum absolute atomic E-state index is 7.12. The molecule has 1 aliphatic heterocycles. The summed E-state index contributed by atoms with van der Waals surface area (Å²) in [6, 6.07) is 8.55. The largest absolute Gasteiger partial charge is 0.497 e. The summed E-state index contributed by atoms with van der Waals surface area (Å²) in [4.78, 5) is 7.05.